The van der Waals surface area contributed by atoms with Crippen LogP contribution in [0.5, 0.6) is 0 Å². The second-order valence-corrected chi connectivity index (χ2v) is 17.5. The van der Waals surface area contributed by atoms with Crippen molar-refractivity contribution in [3.05, 3.63) is 249 Å². The van der Waals surface area contributed by atoms with E-state index in [9.17, 15) is 0 Å². The van der Waals surface area contributed by atoms with Crippen molar-refractivity contribution in [1.82, 2.24) is 0 Å². The quantitative estimate of drug-likeness (QED) is 0.147. The molecule has 300 valence electrons. The lowest BCUT2D eigenvalue weighted by Gasteiger charge is -2.26. The molecule has 0 aliphatic carbocycles. The van der Waals surface area contributed by atoms with Gasteiger partial charge in [-0.1, -0.05) is 194 Å². The van der Waals surface area contributed by atoms with E-state index in [1.54, 1.807) is 0 Å². The van der Waals surface area contributed by atoms with Gasteiger partial charge in [0.2, 0.25) is 0 Å². The van der Waals surface area contributed by atoms with E-state index in [0.717, 1.165) is 17.1 Å². The fourth-order valence-electron chi connectivity index (χ4n) is 9.53. The average Bonchev–Trinajstić information content (AvgIpc) is 3.76. The number of fused-ring (bicyclic) bond motifs is 5. The largest absolute Gasteiger partial charge is 0.310 e. The predicted octanol–water partition coefficient (Wildman–Crippen LogP) is 18.2. The molecule has 0 amide bonds. The van der Waals surface area contributed by atoms with Gasteiger partial charge in [0.05, 0.1) is 0 Å². The summed E-state index contributed by atoms with van der Waals surface area (Å²) in [5.74, 6) is 0. The minimum atomic E-state index is 1.09. The Balaban J connectivity index is 0.923. The molecule has 1 aromatic heterocycles. The van der Waals surface area contributed by atoms with E-state index >= 15 is 0 Å². The van der Waals surface area contributed by atoms with Gasteiger partial charge in [0.15, 0.2) is 0 Å². The van der Waals surface area contributed by atoms with Crippen LogP contribution in [0.25, 0.3) is 97.4 Å². The maximum Gasteiger partial charge on any atom is 0.0467 e. The van der Waals surface area contributed by atoms with Crippen LogP contribution in [0.4, 0.5) is 17.1 Å². The topological polar surface area (TPSA) is 3.24 Å². The smallest absolute Gasteiger partial charge is 0.0467 e. The van der Waals surface area contributed by atoms with E-state index < -0.39 is 0 Å². The van der Waals surface area contributed by atoms with Gasteiger partial charge in [-0.05, 0) is 132 Å². The molecule has 0 fully saturated rings. The summed E-state index contributed by atoms with van der Waals surface area (Å²) >= 11 is 1.88. The van der Waals surface area contributed by atoms with Crippen LogP contribution in [0.2, 0.25) is 0 Å². The number of anilines is 3. The van der Waals surface area contributed by atoms with Crippen LogP contribution in [0.3, 0.4) is 0 Å². The standard InChI is InChI=1S/C62H41NS/c1-3-23-54-44(13-1)15-10-26-56(54)48-19-7-17-46(39-48)42-31-35-51(36-32-42)63(53-22-9-21-50(41-53)57-27-11-16-45-14-2-4-24-55(45)57)52-37-33-43(34-38-52)47-18-8-20-49(40-47)58-28-12-29-60-59-25-5-6-30-61(59)64-62(58)60/h1-41H. The Morgan fingerprint density at radius 2 is 0.672 bits per heavy atom. The first-order valence-corrected chi connectivity index (χ1v) is 22.7. The van der Waals surface area contributed by atoms with Gasteiger partial charge in [0.25, 0.3) is 0 Å². The third-order valence-electron chi connectivity index (χ3n) is 12.7. The maximum absolute atomic E-state index is 2.38. The molecule has 0 radical (unpaired) electrons. The molecule has 0 saturated heterocycles. The van der Waals surface area contributed by atoms with E-state index in [1.165, 1.54) is 97.4 Å². The van der Waals surface area contributed by atoms with E-state index in [-0.39, 0.29) is 0 Å². The number of rotatable bonds is 8. The predicted molar refractivity (Wildman–Crippen MR) is 276 cm³/mol. The van der Waals surface area contributed by atoms with Crippen LogP contribution >= 0.6 is 11.3 Å². The Morgan fingerprint density at radius 3 is 1.28 bits per heavy atom. The van der Waals surface area contributed by atoms with E-state index in [1.807, 2.05) is 11.3 Å². The van der Waals surface area contributed by atoms with E-state index in [0.29, 0.717) is 0 Å². The zero-order chi connectivity index (χ0) is 42.4. The van der Waals surface area contributed by atoms with Gasteiger partial charge < -0.3 is 4.90 Å². The molecule has 0 unspecified atom stereocenters. The van der Waals surface area contributed by atoms with Crippen molar-refractivity contribution in [2.75, 3.05) is 4.90 Å². The minimum absolute atomic E-state index is 1.09. The van der Waals surface area contributed by atoms with Crippen LogP contribution < -0.4 is 4.90 Å². The zero-order valence-corrected chi connectivity index (χ0v) is 35.8. The number of nitrogens with zero attached hydrogens (tertiary/aromatic N) is 1. The summed E-state index contributed by atoms with van der Waals surface area (Å²) in [5.41, 5.74) is 15.4. The first-order chi connectivity index (χ1) is 31.7. The molecule has 64 heavy (non-hydrogen) atoms. The lowest BCUT2D eigenvalue weighted by molar-refractivity contribution is 1.28. The average molecular weight is 832 g/mol. The highest BCUT2D eigenvalue weighted by Gasteiger charge is 2.17. The lowest BCUT2D eigenvalue weighted by atomic mass is 9.95. The fraction of sp³-hybridized carbons (Fsp3) is 0. The van der Waals surface area contributed by atoms with Gasteiger partial charge in [-0.15, -0.1) is 11.3 Å². The van der Waals surface area contributed by atoms with Crippen LogP contribution in [0.1, 0.15) is 0 Å². The molecule has 12 rings (SSSR count). The molecule has 0 atom stereocenters. The molecule has 1 heterocycles. The molecular formula is C62H41NS. The number of hydrogen-bond acceptors (Lipinski definition) is 2. The van der Waals surface area contributed by atoms with Crippen LogP contribution in [-0.2, 0) is 0 Å². The molecule has 12 aromatic rings. The van der Waals surface area contributed by atoms with Crippen molar-refractivity contribution in [3.63, 3.8) is 0 Å². The van der Waals surface area contributed by atoms with Gasteiger partial charge >= 0.3 is 0 Å². The molecule has 0 aliphatic rings. The van der Waals surface area contributed by atoms with Crippen molar-refractivity contribution in [2.45, 2.75) is 0 Å². The summed E-state index contributed by atoms with van der Waals surface area (Å²) in [5, 5.41) is 7.65. The molecular weight excluding hydrogens is 791 g/mol. The maximum atomic E-state index is 2.38. The number of thiophene rings is 1. The van der Waals surface area contributed by atoms with Crippen LogP contribution in [-0.4, -0.2) is 0 Å². The van der Waals surface area contributed by atoms with Gasteiger partial charge in [-0.3, -0.25) is 0 Å². The highest BCUT2D eigenvalue weighted by atomic mass is 32.1. The van der Waals surface area contributed by atoms with Crippen molar-refractivity contribution >= 4 is 70.1 Å². The first-order valence-electron chi connectivity index (χ1n) is 21.9. The van der Waals surface area contributed by atoms with Crippen LogP contribution in [0.15, 0.2) is 249 Å². The van der Waals surface area contributed by atoms with Crippen molar-refractivity contribution in [2.24, 2.45) is 0 Å². The third kappa shape index (κ3) is 6.82. The van der Waals surface area contributed by atoms with Crippen LogP contribution in [0, 0.1) is 0 Å². The summed E-state index contributed by atoms with van der Waals surface area (Å²) in [6.07, 6.45) is 0. The number of hydrogen-bond donors (Lipinski definition) is 0. The highest BCUT2D eigenvalue weighted by molar-refractivity contribution is 7.26. The molecule has 11 aromatic carbocycles. The normalized spacial score (nSPS) is 11.4. The summed E-state index contributed by atoms with van der Waals surface area (Å²) in [6, 6.07) is 90.9. The summed E-state index contributed by atoms with van der Waals surface area (Å²) in [7, 11) is 0. The summed E-state index contributed by atoms with van der Waals surface area (Å²) in [6.45, 7) is 0. The molecule has 0 bridgehead atoms. The van der Waals surface area contributed by atoms with Gasteiger partial charge in [-0.2, -0.15) is 0 Å². The second-order valence-electron chi connectivity index (χ2n) is 16.5. The molecule has 2 heteroatoms. The molecule has 0 spiro atoms. The Morgan fingerprint density at radius 1 is 0.250 bits per heavy atom. The van der Waals surface area contributed by atoms with Gasteiger partial charge in [0, 0.05) is 37.2 Å². The molecule has 1 nitrogen and oxygen atoms in total. The lowest BCUT2D eigenvalue weighted by Crippen LogP contribution is -2.10. The highest BCUT2D eigenvalue weighted by Crippen LogP contribution is 2.43. The van der Waals surface area contributed by atoms with Crippen molar-refractivity contribution in [3.8, 4) is 55.6 Å². The summed E-state index contributed by atoms with van der Waals surface area (Å²) in [4.78, 5) is 2.38. The van der Waals surface area contributed by atoms with E-state index in [2.05, 4.69) is 254 Å². The Kier molecular flexibility index (Phi) is 9.43. The zero-order valence-electron chi connectivity index (χ0n) is 35.0. The molecule has 0 aliphatic heterocycles. The molecule has 0 saturated carbocycles. The fourth-order valence-corrected chi connectivity index (χ4v) is 10.8. The SMILES string of the molecule is c1cc(-c2ccc(N(c3ccc(-c4cccc(-c5cccc6c5sc5ccccc56)c4)cc3)c3cccc(-c4cccc5ccccc45)c3)cc2)cc(-c2cccc3ccccc23)c1. The molecule has 0 N–H and O–H groups in total. The summed E-state index contributed by atoms with van der Waals surface area (Å²) < 4.78 is 2.66. The Bertz CT molecular complexity index is 3660. The third-order valence-corrected chi connectivity index (χ3v) is 13.9. The van der Waals surface area contributed by atoms with Crippen molar-refractivity contribution < 1.29 is 0 Å². The van der Waals surface area contributed by atoms with E-state index in [4.69, 9.17) is 0 Å². The first kappa shape index (κ1) is 37.7. The number of benzene rings is 11. The Labute approximate surface area is 377 Å². The second kappa shape index (κ2) is 16.0. The van der Waals surface area contributed by atoms with Crippen molar-refractivity contribution in [1.29, 1.82) is 0 Å². The van der Waals surface area contributed by atoms with Gasteiger partial charge in [-0.25, -0.2) is 0 Å². The Hall–Kier alpha value is -8.04. The van der Waals surface area contributed by atoms with Gasteiger partial charge in [0.1, 0.15) is 0 Å². The minimum Gasteiger partial charge on any atom is -0.310 e. The monoisotopic (exact) mass is 831 g/mol.